The first-order valence-electron chi connectivity index (χ1n) is 10.0. The van der Waals surface area contributed by atoms with Gasteiger partial charge >= 0.3 is 0 Å². The molecule has 1 aliphatic rings. The normalized spacial score (nSPS) is 13.8. The fraction of sp³-hybridized carbons (Fsp3) is 0.208. The summed E-state index contributed by atoms with van der Waals surface area (Å²) in [7, 11) is -2.22. The van der Waals surface area contributed by atoms with Crippen LogP contribution in [0.25, 0.3) is 11.1 Å². The lowest BCUT2D eigenvalue weighted by molar-refractivity contribution is -0.119. The molecule has 4 rings (SSSR count). The largest absolute Gasteiger partial charge is 0.497 e. The zero-order valence-electron chi connectivity index (χ0n) is 17.5. The third kappa shape index (κ3) is 4.14. The summed E-state index contributed by atoms with van der Waals surface area (Å²) in [4.78, 5) is 12.9. The van der Waals surface area contributed by atoms with Crippen LogP contribution in [0.15, 0.2) is 71.6 Å². The molecule has 0 bridgehead atoms. The smallest absolute Gasteiger partial charge is 0.265 e. The van der Waals surface area contributed by atoms with Crippen LogP contribution in [0.4, 0.5) is 5.69 Å². The van der Waals surface area contributed by atoms with E-state index in [0.717, 1.165) is 22.4 Å². The number of aryl methyl sites for hydroxylation is 1. The number of sulfonamides is 1. The third-order valence-corrected chi connectivity index (χ3v) is 7.17. The SMILES string of the molecule is COc1ccc(CCNC(=O)CN2c3ccc(C)cc3-c3ccccc3S2(=O)=O)cc1. The molecule has 160 valence electrons. The van der Waals surface area contributed by atoms with Crippen molar-refractivity contribution >= 4 is 21.6 Å². The molecule has 0 aliphatic carbocycles. The molecule has 0 fully saturated rings. The number of ether oxygens (including phenoxy) is 1. The first-order chi connectivity index (χ1) is 14.9. The summed E-state index contributed by atoms with van der Waals surface area (Å²) in [5, 5.41) is 2.83. The van der Waals surface area contributed by atoms with Crippen molar-refractivity contribution in [1.82, 2.24) is 5.32 Å². The van der Waals surface area contributed by atoms with Crippen LogP contribution in [0, 0.1) is 6.92 Å². The van der Waals surface area contributed by atoms with E-state index in [9.17, 15) is 13.2 Å². The summed E-state index contributed by atoms with van der Waals surface area (Å²) in [5.74, 6) is 0.431. The topological polar surface area (TPSA) is 75.7 Å². The number of benzene rings is 3. The number of carbonyl (C=O) groups excluding carboxylic acids is 1. The molecule has 7 heteroatoms. The fourth-order valence-electron chi connectivity index (χ4n) is 3.74. The second-order valence-corrected chi connectivity index (χ2v) is 9.31. The summed E-state index contributed by atoms with van der Waals surface area (Å²) >= 11 is 0. The molecule has 0 saturated heterocycles. The summed E-state index contributed by atoms with van der Waals surface area (Å²) in [5.41, 5.74) is 4.08. The highest BCUT2D eigenvalue weighted by Gasteiger charge is 2.35. The Morgan fingerprint density at radius 2 is 1.74 bits per heavy atom. The number of nitrogens with zero attached hydrogens (tertiary/aromatic N) is 1. The van der Waals surface area contributed by atoms with Gasteiger partial charge in [-0.3, -0.25) is 9.10 Å². The van der Waals surface area contributed by atoms with Crippen molar-refractivity contribution in [1.29, 1.82) is 0 Å². The maximum Gasteiger partial charge on any atom is 0.265 e. The van der Waals surface area contributed by atoms with Gasteiger partial charge in [-0.25, -0.2) is 8.42 Å². The molecular weight excluding hydrogens is 412 g/mol. The lowest BCUT2D eigenvalue weighted by Crippen LogP contribution is -2.43. The molecule has 0 radical (unpaired) electrons. The Morgan fingerprint density at radius 1 is 1.00 bits per heavy atom. The predicted octanol–water partition coefficient (Wildman–Crippen LogP) is 3.54. The molecular formula is C24H24N2O4S. The van der Waals surface area contributed by atoms with Crippen LogP contribution in [0.3, 0.4) is 0 Å². The Kier molecular flexibility index (Phi) is 5.69. The molecule has 1 amide bonds. The molecule has 0 saturated carbocycles. The minimum Gasteiger partial charge on any atom is -0.497 e. The van der Waals surface area contributed by atoms with E-state index in [1.807, 2.05) is 49.4 Å². The minimum absolute atomic E-state index is 0.221. The molecule has 1 N–H and O–H groups in total. The number of hydrogen-bond donors (Lipinski definition) is 1. The van der Waals surface area contributed by atoms with Gasteiger partial charge in [0.2, 0.25) is 5.91 Å². The van der Waals surface area contributed by atoms with Crippen molar-refractivity contribution in [2.75, 3.05) is 24.5 Å². The Bertz CT molecular complexity index is 1220. The molecule has 0 spiro atoms. The van der Waals surface area contributed by atoms with E-state index in [4.69, 9.17) is 4.74 Å². The predicted molar refractivity (Wildman–Crippen MR) is 121 cm³/mol. The van der Waals surface area contributed by atoms with Gasteiger partial charge in [-0.15, -0.1) is 0 Å². The second kappa shape index (κ2) is 8.43. The zero-order valence-corrected chi connectivity index (χ0v) is 18.3. The Hall–Kier alpha value is -3.32. The van der Waals surface area contributed by atoms with Crippen LogP contribution in [-0.4, -0.2) is 34.5 Å². The molecule has 0 aromatic heterocycles. The summed E-state index contributed by atoms with van der Waals surface area (Å²) in [6.07, 6.45) is 0.640. The summed E-state index contributed by atoms with van der Waals surface area (Å²) in [6.45, 7) is 2.11. The molecule has 6 nitrogen and oxygen atoms in total. The number of anilines is 1. The van der Waals surface area contributed by atoms with Crippen molar-refractivity contribution in [2.24, 2.45) is 0 Å². The van der Waals surface area contributed by atoms with Crippen LogP contribution in [-0.2, 0) is 21.2 Å². The van der Waals surface area contributed by atoms with Crippen molar-refractivity contribution in [3.63, 3.8) is 0 Å². The van der Waals surface area contributed by atoms with E-state index in [2.05, 4.69) is 5.32 Å². The summed E-state index contributed by atoms with van der Waals surface area (Å²) < 4.78 is 32.9. The quantitative estimate of drug-likeness (QED) is 0.641. The number of carbonyl (C=O) groups is 1. The number of rotatable bonds is 6. The van der Waals surface area contributed by atoms with Crippen molar-refractivity contribution in [3.8, 4) is 16.9 Å². The lowest BCUT2D eigenvalue weighted by atomic mass is 10.0. The molecule has 3 aromatic carbocycles. The molecule has 0 unspecified atom stereocenters. The van der Waals surface area contributed by atoms with E-state index in [-0.39, 0.29) is 17.3 Å². The Labute approximate surface area is 182 Å². The number of amides is 1. The molecule has 1 heterocycles. The number of methoxy groups -OCH3 is 1. The molecule has 0 atom stereocenters. The van der Waals surface area contributed by atoms with E-state index in [1.54, 1.807) is 31.4 Å². The van der Waals surface area contributed by atoms with E-state index in [0.29, 0.717) is 24.2 Å². The number of fused-ring (bicyclic) bond motifs is 3. The van der Waals surface area contributed by atoms with Gasteiger partial charge < -0.3 is 10.1 Å². The van der Waals surface area contributed by atoms with Gasteiger partial charge in [0.05, 0.1) is 17.7 Å². The Morgan fingerprint density at radius 3 is 2.48 bits per heavy atom. The summed E-state index contributed by atoms with van der Waals surface area (Å²) in [6, 6.07) is 20.1. The minimum atomic E-state index is -3.83. The van der Waals surface area contributed by atoms with Gasteiger partial charge in [-0.1, -0.05) is 42.0 Å². The van der Waals surface area contributed by atoms with E-state index < -0.39 is 10.0 Å². The van der Waals surface area contributed by atoms with Crippen LogP contribution < -0.4 is 14.4 Å². The Balaban J connectivity index is 1.51. The van der Waals surface area contributed by atoms with Crippen molar-refractivity contribution in [3.05, 3.63) is 77.9 Å². The fourth-order valence-corrected chi connectivity index (χ4v) is 5.39. The van der Waals surface area contributed by atoms with Crippen LogP contribution in [0.1, 0.15) is 11.1 Å². The molecule has 1 aliphatic heterocycles. The van der Waals surface area contributed by atoms with Gasteiger partial charge in [-0.2, -0.15) is 0 Å². The van der Waals surface area contributed by atoms with Crippen LogP contribution in [0.5, 0.6) is 5.75 Å². The van der Waals surface area contributed by atoms with Crippen molar-refractivity contribution in [2.45, 2.75) is 18.2 Å². The zero-order chi connectivity index (χ0) is 22.0. The highest BCUT2D eigenvalue weighted by molar-refractivity contribution is 7.93. The van der Waals surface area contributed by atoms with Gasteiger partial charge in [0.15, 0.2) is 0 Å². The molecule has 31 heavy (non-hydrogen) atoms. The maximum absolute atomic E-state index is 13.3. The number of nitrogens with one attached hydrogen (secondary N) is 1. The van der Waals surface area contributed by atoms with Gasteiger partial charge in [0, 0.05) is 17.7 Å². The highest BCUT2D eigenvalue weighted by atomic mass is 32.2. The van der Waals surface area contributed by atoms with Gasteiger partial charge in [0.1, 0.15) is 12.3 Å². The average Bonchev–Trinajstić information content (AvgIpc) is 2.77. The molecule has 3 aromatic rings. The maximum atomic E-state index is 13.3. The van der Waals surface area contributed by atoms with Gasteiger partial charge in [-0.05, 0) is 49.2 Å². The van der Waals surface area contributed by atoms with E-state index in [1.165, 1.54) is 4.31 Å². The lowest BCUT2D eigenvalue weighted by Gasteiger charge is -2.31. The third-order valence-electron chi connectivity index (χ3n) is 5.35. The van der Waals surface area contributed by atoms with Crippen molar-refractivity contribution < 1.29 is 17.9 Å². The monoisotopic (exact) mass is 436 g/mol. The highest BCUT2D eigenvalue weighted by Crippen LogP contribution is 2.43. The van der Waals surface area contributed by atoms with E-state index >= 15 is 0 Å². The van der Waals surface area contributed by atoms with Crippen LogP contribution >= 0.6 is 0 Å². The number of hydrogen-bond acceptors (Lipinski definition) is 4. The first kappa shape index (κ1) is 20.9. The standard InChI is InChI=1S/C24H24N2O4S/c1-17-7-12-22-21(15-17)20-5-3-4-6-23(20)31(28,29)26(22)16-24(27)25-14-13-18-8-10-19(30-2)11-9-18/h3-12,15H,13-14,16H2,1-2H3,(H,25,27). The average molecular weight is 437 g/mol. The second-order valence-electron chi connectivity index (χ2n) is 7.48. The first-order valence-corrected chi connectivity index (χ1v) is 11.5. The van der Waals surface area contributed by atoms with Crippen LogP contribution in [0.2, 0.25) is 0 Å². The van der Waals surface area contributed by atoms with Gasteiger partial charge in [0.25, 0.3) is 10.0 Å².